The molecule has 166 valence electrons. The van der Waals surface area contributed by atoms with Crippen LogP contribution in [0.1, 0.15) is 31.4 Å². The van der Waals surface area contributed by atoms with Gasteiger partial charge in [-0.2, -0.15) is 4.98 Å². The number of fused-ring (bicyclic) bond motifs is 1. The van der Waals surface area contributed by atoms with Gasteiger partial charge in [-0.1, -0.05) is 43.7 Å². The van der Waals surface area contributed by atoms with Crippen LogP contribution in [0.5, 0.6) is 0 Å². The van der Waals surface area contributed by atoms with Gasteiger partial charge < -0.3 is 9.47 Å². The predicted molar refractivity (Wildman–Crippen MR) is 124 cm³/mol. The zero-order chi connectivity index (χ0) is 22.1. The minimum Gasteiger partial charge on any atom is -0.340 e. The number of aromatic nitrogens is 4. The molecule has 3 heterocycles. The zero-order valence-electron chi connectivity index (χ0n) is 18.9. The van der Waals surface area contributed by atoms with Crippen molar-refractivity contribution in [3.63, 3.8) is 0 Å². The summed E-state index contributed by atoms with van der Waals surface area (Å²) < 4.78 is 3.43. The van der Waals surface area contributed by atoms with Crippen LogP contribution in [0.4, 0.5) is 5.95 Å². The molecule has 0 atom stereocenters. The summed E-state index contributed by atoms with van der Waals surface area (Å²) in [5.41, 5.74) is 2.76. The van der Waals surface area contributed by atoms with E-state index in [2.05, 4.69) is 59.8 Å². The quantitative estimate of drug-likeness (QED) is 0.656. The molecule has 2 aromatic heterocycles. The van der Waals surface area contributed by atoms with Gasteiger partial charge in [0.25, 0.3) is 5.56 Å². The van der Waals surface area contributed by atoms with Crippen LogP contribution in [-0.2, 0) is 20.1 Å². The van der Waals surface area contributed by atoms with Crippen LogP contribution in [0.15, 0.2) is 33.9 Å². The molecule has 0 bridgehead atoms. The van der Waals surface area contributed by atoms with Crippen molar-refractivity contribution in [2.75, 3.05) is 31.1 Å². The standard InChI is InChI=1S/C23H32N6O2/c1-16(2)8-9-29-19-20(26(4)23(31)25-21(19)30)24-22(29)28-12-10-27(11-13-28)15-18-7-5-6-17(3)14-18/h5-7,14,16H,8-13,15H2,1-4H3,(H,25,30,31). The van der Waals surface area contributed by atoms with E-state index in [1.165, 1.54) is 15.7 Å². The molecule has 1 N–H and O–H groups in total. The van der Waals surface area contributed by atoms with Gasteiger partial charge in [-0.3, -0.25) is 19.2 Å². The summed E-state index contributed by atoms with van der Waals surface area (Å²) in [5, 5.41) is 0. The maximum absolute atomic E-state index is 12.6. The van der Waals surface area contributed by atoms with E-state index in [9.17, 15) is 9.59 Å². The van der Waals surface area contributed by atoms with Crippen LogP contribution in [0, 0.1) is 12.8 Å². The van der Waals surface area contributed by atoms with Crippen LogP contribution < -0.4 is 16.1 Å². The molecule has 3 aromatic rings. The van der Waals surface area contributed by atoms with E-state index in [4.69, 9.17) is 4.98 Å². The number of piperazine rings is 1. The van der Waals surface area contributed by atoms with Gasteiger partial charge in [-0.05, 0) is 24.8 Å². The maximum Gasteiger partial charge on any atom is 0.329 e. The average Bonchev–Trinajstić information content (AvgIpc) is 3.11. The van der Waals surface area contributed by atoms with E-state index in [1.807, 2.05) is 4.57 Å². The van der Waals surface area contributed by atoms with Crippen molar-refractivity contribution in [1.29, 1.82) is 0 Å². The highest BCUT2D eigenvalue weighted by Gasteiger charge is 2.25. The Morgan fingerprint density at radius 1 is 1.13 bits per heavy atom. The van der Waals surface area contributed by atoms with Crippen molar-refractivity contribution in [1.82, 2.24) is 24.0 Å². The predicted octanol–water partition coefficient (Wildman–Crippen LogP) is 2.10. The Morgan fingerprint density at radius 3 is 2.55 bits per heavy atom. The zero-order valence-corrected chi connectivity index (χ0v) is 18.9. The van der Waals surface area contributed by atoms with Gasteiger partial charge in [-0.25, -0.2) is 4.79 Å². The van der Waals surface area contributed by atoms with E-state index in [0.717, 1.165) is 45.1 Å². The number of hydrogen-bond donors (Lipinski definition) is 1. The molecule has 0 radical (unpaired) electrons. The van der Waals surface area contributed by atoms with E-state index in [0.29, 0.717) is 23.6 Å². The molecule has 31 heavy (non-hydrogen) atoms. The van der Waals surface area contributed by atoms with E-state index < -0.39 is 5.69 Å². The Hall–Kier alpha value is -2.87. The van der Waals surface area contributed by atoms with Crippen molar-refractivity contribution >= 4 is 17.1 Å². The Kier molecular flexibility index (Phi) is 6.00. The van der Waals surface area contributed by atoms with Gasteiger partial charge in [0.1, 0.15) is 0 Å². The van der Waals surface area contributed by atoms with Crippen LogP contribution in [0.3, 0.4) is 0 Å². The van der Waals surface area contributed by atoms with Crippen LogP contribution in [0.25, 0.3) is 11.2 Å². The Labute approximate surface area is 182 Å². The molecule has 8 nitrogen and oxygen atoms in total. The first kappa shape index (κ1) is 21.4. The van der Waals surface area contributed by atoms with Crippen molar-refractivity contribution in [3.05, 3.63) is 56.2 Å². The second-order valence-corrected chi connectivity index (χ2v) is 8.99. The lowest BCUT2D eigenvalue weighted by Gasteiger charge is -2.35. The molecule has 0 aliphatic carbocycles. The van der Waals surface area contributed by atoms with Crippen LogP contribution in [0.2, 0.25) is 0 Å². The second-order valence-electron chi connectivity index (χ2n) is 8.99. The van der Waals surface area contributed by atoms with Crippen LogP contribution in [-0.4, -0.2) is 50.2 Å². The van der Waals surface area contributed by atoms with Gasteiger partial charge in [0.05, 0.1) is 0 Å². The fourth-order valence-electron chi connectivity index (χ4n) is 4.24. The Balaban J connectivity index is 1.59. The highest BCUT2D eigenvalue weighted by atomic mass is 16.2. The molecule has 1 fully saturated rings. The van der Waals surface area contributed by atoms with Gasteiger partial charge in [0.15, 0.2) is 11.2 Å². The largest absolute Gasteiger partial charge is 0.340 e. The molecule has 1 aliphatic heterocycles. The molecule has 1 aliphatic rings. The van der Waals surface area contributed by atoms with Gasteiger partial charge in [0.2, 0.25) is 5.95 Å². The first-order valence-corrected chi connectivity index (χ1v) is 11.1. The van der Waals surface area contributed by atoms with Gasteiger partial charge >= 0.3 is 5.69 Å². The summed E-state index contributed by atoms with van der Waals surface area (Å²) in [4.78, 5) is 36.6. The number of hydrogen-bond acceptors (Lipinski definition) is 5. The second kappa shape index (κ2) is 8.70. The summed E-state index contributed by atoms with van der Waals surface area (Å²) in [7, 11) is 1.66. The first-order valence-electron chi connectivity index (χ1n) is 11.1. The van der Waals surface area contributed by atoms with E-state index in [1.54, 1.807) is 7.05 Å². The fourth-order valence-corrected chi connectivity index (χ4v) is 4.24. The van der Waals surface area contributed by atoms with E-state index in [-0.39, 0.29) is 5.56 Å². The number of nitrogens with zero attached hydrogens (tertiary/aromatic N) is 5. The smallest absolute Gasteiger partial charge is 0.329 e. The van der Waals surface area contributed by atoms with Crippen molar-refractivity contribution in [2.24, 2.45) is 13.0 Å². The molecular formula is C23H32N6O2. The summed E-state index contributed by atoms with van der Waals surface area (Å²) in [5.74, 6) is 1.29. The Morgan fingerprint density at radius 2 is 1.87 bits per heavy atom. The molecule has 0 unspecified atom stereocenters. The monoisotopic (exact) mass is 424 g/mol. The molecule has 1 aromatic carbocycles. The third-order valence-electron chi connectivity index (χ3n) is 6.06. The van der Waals surface area contributed by atoms with Gasteiger partial charge in [0, 0.05) is 46.3 Å². The SMILES string of the molecule is Cc1cccc(CN2CCN(c3nc4c(c(=O)[nH]c(=O)n4C)n3CCC(C)C)CC2)c1. The lowest BCUT2D eigenvalue weighted by Crippen LogP contribution is -2.47. The summed E-state index contributed by atoms with van der Waals surface area (Å²) in [6.45, 7) is 11.6. The maximum atomic E-state index is 12.6. The molecule has 1 saturated heterocycles. The number of anilines is 1. The number of nitrogens with one attached hydrogen (secondary N) is 1. The number of H-pyrrole nitrogens is 1. The van der Waals surface area contributed by atoms with Gasteiger partial charge in [-0.15, -0.1) is 0 Å². The molecule has 0 amide bonds. The highest BCUT2D eigenvalue weighted by molar-refractivity contribution is 5.74. The minimum absolute atomic E-state index is 0.362. The van der Waals surface area contributed by atoms with Crippen molar-refractivity contribution in [2.45, 2.75) is 40.3 Å². The number of aromatic amines is 1. The average molecular weight is 425 g/mol. The molecule has 8 heteroatoms. The van der Waals surface area contributed by atoms with E-state index >= 15 is 0 Å². The van der Waals surface area contributed by atoms with Crippen molar-refractivity contribution < 1.29 is 0 Å². The number of aryl methyl sites for hydroxylation is 3. The molecule has 4 rings (SSSR count). The molecule has 0 saturated carbocycles. The third-order valence-corrected chi connectivity index (χ3v) is 6.06. The summed E-state index contributed by atoms with van der Waals surface area (Å²) in [6.07, 6.45) is 0.939. The molecule has 0 spiro atoms. The fraction of sp³-hybridized carbons (Fsp3) is 0.522. The Bertz CT molecular complexity index is 1180. The lowest BCUT2D eigenvalue weighted by molar-refractivity contribution is 0.248. The number of imidazole rings is 1. The topological polar surface area (TPSA) is 79.2 Å². The summed E-state index contributed by atoms with van der Waals surface area (Å²) >= 11 is 0. The third kappa shape index (κ3) is 4.44. The highest BCUT2D eigenvalue weighted by Crippen LogP contribution is 2.23. The first-order chi connectivity index (χ1) is 14.8. The lowest BCUT2D eigenvalue weighted by atomic mass is 10.1. The number of rotatable bonds is 6. The van der Waals surface area contributed by atoms with Crippen LogP contribution >= 0.6 is 0 Å². The number of benzene rings is 1. The van der Waals surface area contributed by atoms with Crippen molar-refractivity contribution in [3.8, 4) is 0 Å². The normalized spacial score (nSPS) is 15.3. The minimum atomic E-state index is -0.430. The summed E-state index contributed by atoms with van der Waals surface area (Å²) in [6, 6.07) is 8.65. The molecular weight excluding hydrogens is 392 g/mol.